The van der Waals surface area contributed by atoms with Gasteiger partial charge in [-0.05, 0) is 44.5 Å². The Morgan fingerprint density at radius 2 is 1.96 bits per heavy atom. The first-order chi connectivity index (χ1) is 13.4. The van der Waals surface area contributed by atoms with Crippen molar-refractivity contribution in [3.8, 4) is 11.6 Å². The average molecular weight is 387 g/mol. The lowest BCUT2D eigenvalue weighted by atomic mass is 10.2. The zero-order valence-electron chi connectivity index (χ0n) is 16.5. The Morgan fingerprint density at radius 3 is 2.64 bits per heavy atom. The largest absolute Gasteiger partial charge is 0.439 e. The summed E-state index contributed by atoms with van der Waals surface area (Å²) in [7, 11) is 0. The summed E-state index contributed by atoms with van der Waals surface area (Å²) in [4.78, 5) is 24.7. The van der Waals surface area contributed by atoms with Crippen molar-refractivity contribution < 1.29 is 13.9 Å². The van der Waals surface area contributed by atoms with Crippen LogP contribution in [-0.4, -0.2) is 59.5 Å². The molecule has 1 aromatic carbocycles. The lowest BCUT2D eigenvalue weighted by Crippen LogP contribution is -2.50. The maximum absolute atomic E-state index is 13.2. The van der Waals surface area contributed by atoms with Crippen LogP contribution in [0.3, 0.4) is 0 Å². The van der Waals surface area contributed by atoms with Gasteiger partial charge in [0, 0.05) is 38.3 Å². The van der Waals surface area contributed by atoms with Crippen LogP contribution in [0.1, 0.15) is 19.4 Å². The van der Waals surface area contributed by atoms with E-state index < -0.39 is 0 Å². The minimum absolute atomic E-state index is 0.0517. The summed E-state index contributed by atoms with van der Waals surface area (Å²) in [6.07, 6.45) is 1.46. The fourth-order valence-corrected chi connectivity index (χ4v) is 3.10. The Labute approximate surface area is 164 Å². The maximum Gasteiger partial charge on any atom is 0.234 e. The van der Waals surface area contributed by atoms with E-state index in [1.807, 2.05) is 13.8 Å². The van der Waals surface area contributed by atoms with Crippen molar-refractivity contribution >= 4 is 11.7 Å². The molecule has 8 heteroatoms. The Kier molecular flexibility index (Phi) is 6.41. The number of anilines is 1. The minimum Gasteiger partial charge on any atom is -0.439 e. The zero-order chi connectivity index (χ0) is 20.1. The highest BCUT2D eigenvalue weighted by Gasteiger charge is 2.20. The first-order valence-corrected chi connectivity index (χ1v) is 9.43. The molecule has 1 saturated heterocycles. The molecule has 3 rings (SSSR count). The molecule has 0 radical (unpaired) electrons. The normalized spacial score (nSPS) is 15.0. The maximum atomic E-state index is 13.2. The van der Waals surface area contributed by atoms with Crippen LogP contribution in [0.2, 0.25) is 0 Å². The molecule has 1 amide bonds. The molecule has 1 N–H and O–H groups in total. The van der Waals surface area contributed by atoms with Crippen molar-refractivity contribution in [2.75, 3.05) is 37.6 Å². The van der Waals surface area contributed by atoms with Crippen LogP contribution in [0, 0.1) is 12.7 Å². The first kappa shape index (κ1) is 20.0. The first-order valence-electron chi connectivity index (χ1n) is 9.43. The van der Waals surface area contributed by atoms with Crippen molar-refractivity contribution in [2.45, 2.75) is 26.8 Å². The van der Waals surface area contributed by atoms with Crippen LogP contribution < -0.4 is 15.0 Å². The van der Waals surface area contributed by atoms with Gasteiger partial charge in [-0.1, -0.05) is 0 Å². The number of nitrogens with zero attached hydrogens (tertiary/aromatic N) is 4. The topological polar surface area (TPSA) is 70.6 Å². The molecule has 1 aliphatic rings. The number of hydrogen-bond acceptors (Lipinski definition) is 6. The highest BCUT2D eigenvalue weighted by molar-refractivity contribution is 5.78. The van der Waals surface area contributed by atoms with E-state index in [4.69, 9.17) is 4.74 Å². The molecule has 28 heavy (non-hydrogen) atoms. The van der Waals surface area contributed by atoms with Crippen LogP contribution in [0.25, 0.3) is 0 Å². The summed E-state index contributed by atoms with van der Waals surface area (Å²) in [5.74, 6) is 1.51. The molecule has 0 saturated carbocycles. The molecular formula is C20H26FN5O2. The molecule has 2 aromatic rings. The van der Waals surface area contributed by atoms with E-state index in [1.165, 1.54) is 18.5 Å². The number of halogens is 1. The molecule has 1 aliphatic heterocycles. The third-order valence-electron chi connectivity index (χ3n) is 4.49. The van der Waals surface area contributed by atoms with Crippen molar-refractivity contribution in [3.05, 3.63) is 42.0 Å². The highest BCUT2D eigenvalue weighted by Crippen LogP contribution is 2.26. The Morgan fingerprint density at radius 1 is 1.21 bits per heavy atom. The van der Waals surface area contributed by atoms with Gasteiger partial charge in [0.15, 0.2) is 0 Å². The monoisotopic (exact) mass is 387 g/mol. The van der Waals surface area contributed by atoms with Gasteiger partial charge in [0.05, 0.1) is 6.54 Å². The molecule has 150 valence electrons. The number of benzene rings is 1. The third kappa shape index (κ3) is 5.39. The SMILES string of the molecule is Cc1cc(F)ccc1Oc1cc(N2CCN(CC(=O)NC(C)C)CC2)ncn1. The Hall–Kier alpha value is -2.74. The molecule has 0 bridgehead atoms. The summed E-state index contributed by atoms with van der Waals surface area (Å²) < 4.78 is 19.0. The van der Waals surface area contributed by atoms with Crippen molar-refractivity contribution in [2.24, 2.45) is 0 Å². The number of carbonyl (C=O) groups is 1. The standard InChI is InChI=1S/C20H26FN5O2/c1-14(2)24-19(27)12-25-6-8-26(9-7-25)18-11-20(23-13-22-18)28-17-5-4-16(21)10-15(17)3/h4-5,10-11,13-14H,6-9,12H2,1-3H3,(H,24,27). The lowest BCUT2D eigenvalue weighted by molar-refractivity contribution is -0.122. The van der Waals surface area contributed by atoms with Gasteiger partial charge in [-0.15, -0.1) is 0 Å². The van der Waals surface area contributed by atoms with E-state index in [-0.39, 0.29) is 17.8 Å². The molecule has 0 aliphatic carbocycles. The predicted molar refractivity (Wildman–Crippen MR) is 105 cm³/mol. The van der Waals surface area contributed by atoms with E-state index in [0.717, 1.165) is 32.0 Å². The smallest absolute Gasteiger partial charge is 0.234 e. The van der Waals surface area contributed by atoms with Gasteiger partial charge in [0.2, 0.25) is 11.8 Å². The quantitative estimate of drug-likeness (QED) is 0.821. The van der Waals surface area contributed by atoms with E-state index >= 15 is 0 Å². The van der Waals surface area contributed by atoms with Crippen molar-refractivity contribution in [1.82, 2.24) is 20.2 Å². The number of hydrogen-bond donors (Lipinski definition) is 1. The fourth-order valence-electron chi connectivity index (χ4n) is 3.10. The third-order valence-corrected chi connectivity index (χ3v) is 4.49. The number of carbonyl (C=O) groups excluding carboxylic acids is 1. The number of nitrogens with one attached hydrogen (secondary N) is 1. The number of aryl methyl sites for hydroxylation is 1. The van der Waals surface area contributed by atoms with Crippen LogP contribution >= 0.6 is 0 Å². The Balaban J connectivity index is 1.58. The summed E-state index contributed by atoms with van der Waals surface area (Å²) in [5.41, 5.74) is 0.702. The van der Waals surface area contributed by atoms with Crippen LogP contribution in [0.4, 0.5) is 10.2 Å². The summed E-state index contributed by atoms with van der Waals surface area (Å²) in [5, 5.41) is 2.92. The molecule has 0 atom stereocenters. The number of rotatable bonds is 6. The van der Waals surface area contributed by atoms with Gasteiger partial charge in [-0.25, -0.2) is 14.4 Å². The zero-order valence-corrected chi connectivity index (χ0v) is 16.5. The van der Waals surface area contributed by atoms with E-state index in [2.05, 4.69) is 25.1 Å². The van der Waals surface area contributed by atoms with Crippen LogP contribution in [-0.2, 0) is 4.79 Å². The van der Waals surface area contributed by atoms with Gasteiger partial charge in [-0.2, -0.15) is 0 Å². The molecule has 2 heterocycles. The molecule has 1 aromatic heterocycles. The number of piperazine rings is 1. The summed E-state index contributed by atoms with van der Waals surface area (Å²) in [6.45, 7) is 9.20. The fraction of sp³-hybridized carbons (Fsp3) is 0.450. The van der Waals surface area contributed by atoms with Gasteiger partial charge in [0.1, 0.15) is 23.7 Å². The second kappa shape index (κ2) is 8.97. The van der Waals surface area contributed by atoms with E-state index in [1.54, 1.807) is 19.1 Å². The van der Waals surface area contributed by atoms with E-state index in [0.29, 0.717) is 23.7 Å². The highest BCUT2D eigenvalue weighted by atomic mass is 19.1. The average Bonchev–Trinajstić information content (AvgIpc) is 2.64. The number of aromatic nitrogens is 2. The van der Waals surface area contributed by atoms with Gasteiger partial charge >= 0.3 is 0 Å². The van der Waals surface area contributed by atoms with Gasteiger partial charge in [0.25, 0.3) is 0 Å². The van der Waals surface area contributed by atoms with Gasteiger partial charge < -0.3 is 15.0 Å². The lowest BCUT2D eigenvalue weighted by Gasteiger charge is -2.35. The van der Waals surface area contributed by atoms with Gasteiger partial charge in [-0.3, -0.25) is 9.69 Å². The summed E-state index contributed by atoms with van der Waals surface area (Å²) in [6, 6.07) is 6.31. The predicted octanol–water partition coefficient (Wildman–Crippen LogP) is 2.36. The number of amides is 1. The summed E-state index contributed by atoms with van der Waals surface area (Å²) >= 11 is 0. The number of ether oxygens (including phenoxy) is 1. The molecule has 0 spiro atoms. The van der Waals surface area contributed by atoms with E-state index in [9.17, 15) is 9.18 Å². The molecule has 1 fully saturated rings. The van der Waals surface area contributed by atoms with Crippen molar-refractivity contribution in [3.63, 3.8) is 0 Å². The second-order valence-corrected chi connectivity index (χ2v) is 7.21. The second-order valence-electron chi connectivity index (χ2n) is 7.21. The van der Waals surface area contributed by atoms with Crippen LogP contribution in [0.5, 0.6) is 11.6 Å². The Bertz CT molecular complexity index is 822. The molecule has 7 nitrogen and oxygen atoms in total. The van der Waals surface area contributed by atoms with Crippen molar-refractivity contribution in [1.29, 1.82) is 0 Å². The molecule has 0 unspecified atom stereocenters. The minimum atomic E-state index is -0.298. The van der Waals surface area contributed by atoms with Crippen LogP contribution in [0.15, 0.2) is 30.6 Å². The molecular weight excluding hydrogens is 361 g/mol.